The van der Waals surface area contributed by atoms with Crippen molar-refractivity contribution in [3.8, 4) is 0 Å². The summed E-state index contributed by atoms with van der Waals surface area (Å²) < 4.78 is 12.8. The smallest absolute Gasteiger partial charge is 0.323 e. The number of hydrogen-bond donors (Lipinski definition) is 2. The second-order valence-electron chi connectivity index (χ2n) is 5.26. The molecule has 0 aliphatic heterocycles. The van der Waals surface area contributed by atoms with Crippen LogP contribution in [0.4, 0.5) is 4.39 Å². The van der Waals surface area contributed by atoms with Crippen LogP contribution in [0, 0.1) is 11.7 Å². The summed E-state index contributed by atoms with van der Waals surface area (Å²) in [5, 5.41) is 12.5. The average molecular weight is 251 g/mol. The third kappa shape index (κ3) is 3.29. The van der Waals surface area contributed by atoms with Crippen molar-refractivity contribution in [1.29, 1.82) is 0 Å². The molecule has 1 atom stereocenters. The number of carboxylic acids is 1. The summed E-state index contributed by atoms with van der Waals surface area (Å²) in [6.07, 6.45) is 2.72. The molecule has 0 radical (unpaired) electrons. The van der Waals surface area contributed by atoms with Crippen molar-refractivity contribution in [2.75, 3.05) is 6.54 Å². The molecule has 0 aromatic heterocycles. The minimum absolute atomic E-state index is 0.304. The molecule has 1 aromatic rings. The van der Waals surface area contributed by atoms with E-state index in [0.717, 1.165) is 12.1 Å². The SMILES string of the molecule is CC(Cc1ccc(F)cc1)(NCC1CC1)C(=O)O. The number of hydrogen-bond acceptors (Lipinski definition) is 2. The quantitative estimate of drug-likeness (QED) is 0.815. The molecule has 3 nitrogen and oxygen atoms in total. The van der Waals surface area contributed by atoms with Crippen molar-refractivity contribution >= 4 is 5.97 Å². The number of benzene rings is 1. The van der Waals surface area contributed by atoms with E-state index in [1.807, 2.05) is 0 Å². The van der Waals surface area contributed by atoms with Gasteiger partial charge in [-0.2, -0.15) is 0 Å². The lowest BCUT2D eigenvalue weighted by atomic mass is 9.92. The summed E-state index contributed by atoms with van der Waals surface area (Å²) in [7, 11) is 0. The van der Waals surface area contributed by atoms with Gasteiger partial charge < -0.3 is 10.4 Å². The molecule has 4 heteroatoms. The number of halogens is 1. The summed E-state index contributed by atoms with van der Waals surface area (Å²) in [6.45, 7) is 2.42. The molecule has 18 heavy (non-hydrogen) atoms. The molecule has 0 spiro atoms. The van der Waals surface area contributed by atoms with E-state index in [2.05, 4.69) is 5.32 Å². The van der Waals surface area contributed by atoms with Crippen LogP contribution in [0.1, 0.15) is 25.3 Å². The third-order valence-corrected chi connectivity index (χ3v) is 3.42. The molecular formula is C14H18FNO2. The van der Waals surface area contributed by atoms with Gasteiger partial charge in [0.05, 0.1) is 0 Å². The predicted octanol–water partition coefficient (Wildman–Crippen LogP) is 2.21. The number of carboxylic acid groups (broad SMARTS) is 1. The van der Waals surface area contributed by atoms with Gasteiger partial charge in [0, 0.05) is 6.42 Å². The molecule has 98 valence electrons. The van der Waals surface area contributed by atoms with Crippen LogP contribution in [0.3, 0.4) is 0 Å². The lowest BCUT2D eigenvalue weighted by Crippen LogP contribution is -2.52. The zero-order valence-corrected chi connectivity index (χ0v) is 10.4. The van der Waals surface area contributed by atoms with E-state index < -0.39 is 11.5 Å². The van der Waals surface area contributed by atoms with Crippen LogP contribution in [0.5, 0.6) is 0 Å². The Morgan fingerprint density at radius 3 is 2.56 bits per heavy atom. The summed E-state index contributed by atoms with van der Waals surface area (Å²) in [5.41, 5.74) is -0.162. The average Bonchev–Trinajstić information content (AvgIpc) is 3.13. The van der Waals surface area contributed by atoms with Gasteiger partial charge in [-0.15, -0.1) is 0 Å². The Hall–Kier alpha value is -1.42. The Morgan fingerprint density at radius 2 is 2.06 bits per heavy atom. The number of carbonyl (C=O) groups is 1. The summed E-state index contributed by atoms with van der Waals surface area (Å²) >= 11 is 0. The van der Waals surface area contributed by atoms with Gasteiger partial charge in [0.1, 0.15) is 11.4 Å². The van der Waals surface area contributed by atoms with Crippen LogP contribution in [0.25, 0.3) is 0 Å². The van der Waals surface area contributed by atoms with E-state index >= 15 is 0 Å². The Kier molecular flexibility index (Phi) is 3.66. The van der Waals surface area contributed by atoms with Crippen molar-refractivity contribution in [3.05, 3.63) is 35.6 Å². The van der Waals surface area contributed by atoms with Crippen molar-refractivity contribution in [2.24, 2.45) is 5.92 Å². The van der Waals surface area contributed by atoms with Gasteiger partial charge in [-0.05, 0) is 49.9 Å². The molecule has 2 N–H and O–H groups in total. The highest BCUT2D eigenvalue weighted by molar-refractivity contribution is 5.78. The van der Waals surface area contributed by atoms with Gasteiger partial charge in [-0.1, -0.05) is 12.1 Å². The van der Waals surface area contributed by atoms with E-state index in [1.165, 1.54) is 25.0 Å². The fraction of sp³-hybridized carbons (Fsp3) is 0.500. The molecule has 1 saturated carbocycles. The summed E-state index contributed by atoms with van der Waals surface area (Å²) in [5.74, 6) is -0.550. The lowest BCUT2D eigenvalue weighted by Gasteiger charge is -2.26. The van der Waals surface area contributed by atoms with Gasteiger partial charge in [-0.25, -0.2) is 4.39 Å². The second kappa shape index (κ2) is 5.06. The van der Waals surface area contributed by atoms with Gasteiger partial charge in [-0.3, -0.25) is 4.79 Å². The molecule has 1 aromatic carbocycles. The van der Waals surface area contributed by atoms with Crippen LogP contribution in [0.2, 0.25) is 0 Å². The van der Waals surface area contributed by atoms with Crippen molar-refractivity contribution in [2.45, 2.75) is 31.7 Å². The Bertz CT molecular complexity index is 428. The molecule has 1 unspecified atom stereocenters. The Labute approximate surface area is 106 Å². The van der Waals surface area contributed by atoms with Crippen LogP contribution in [-0.4, -0.2) is 23.2 Å². The van der Waals surface area contributed by atoms with Crippen LogP contribution >= 0.6 is 0 Å². The largest absolute Gasteiger partial charge is 0.480 e. The maximum Gasteiger partial charge on any atom is 0.323 e. The molecule has 1 aliphatic rings. The first kappa shape index (κ1) is 13.0. The lowest BCUT2D eigenvalue weighted by molar-refractivity contribution is -0.144. The van der Waals surface area contributed by atoms with E-state index in [9.17, 15) is 14.3 Å². The monoisotopic (exact) mass is 251 g/mol. The van der Waals surface area contributed by atoms with Gasteiger partial charge >= 0.3 is 5.97 Å². The summed E-state index contributed by atoms with van der Waals surface area (Å²) in [6, 6.07) is 5.99. The molecule has 1 fully saturated rings. The van der Waals surface area contributed by atoms with E-state index in [0.29, 0.717) is 12.3 Å². The van der Waals surface area contributed by atoms with Gasteiger partial charge in [0.25, 0.3) is 0 Å². The van der Waals surface area contributed by atoms with Crippen molar-refractivity contribution < 1.29 is 14.3 Å². The molecular weight excluding hydrogens is 233 g/mol. The predicted molar refractivity (Wildman–Crippen MR) is 66.9 cm³/mol. The maximum absolute atomic E-state index is 12.8. The molecule has 0 amide bonds. The number of rotatable bonds is 6. The molecule has 1 aliphatic carbocycles. The first-order valence-electron chi connectivity index (χ1n) is 6.22. The number of nitrogens with one attached hydrogen (secondary N) is 1. The second-order valence-corrected chi connectivity index (χ2v) is 5.26. The first-order valence-corrected chi connectivity index (χ1v) is 6.22. The minimum Gasteiger partial charge on any atom is -0.480 e. The zero-order chi connectivity index (χ0) is 13.2. The molecule has 2 rings (SSSR count). The molecule has 0 saturated heterocycles. The van der Waals surface area contributed by atoms with E-state index in [1.54, 1.807) is 19.1 Å². The molecule has 0 heterocycles. The summed E-state index contributed by atoms with van der Waals surface area (Å²) in [4.78, 5) is 11.4. The van der Waals surface area contributed by atoms with E-state index in [4.69, 9.17) is 0 Å². The zero-order valence-electron chi connectivity index (χ0n) is 10.4. The van der Waals surface area contributed by atoms with Gasteiger partial charge in [0.2, 0.25) is 0 Å². The van der Waals surface area contributed by atoms with Crippen molar-refractivity contribution in [1.82, 2.24) is 5.32 Å². The number of aliphatic carboxylic acids is 1. The van der Waals surface area contributed by atoms with Crippen LogP contribution in [0.15, 0.2) is 24.3 Å². The maximum atomic E-state index is 12.8. The normalized spacial score (nSPS) is 18.3. The standard InChI is InChI=1S/C14H18FNO2/c1-14(13(17)18,16-9-11-2-3-11)8-10-4-6-12(15)7-5-10/h4-7,11,16H,2-3,8-9H2,1H3,(H,17,18). The van der Waals surface area contributed by atoms with E-state index in [-0.39, 0.29) is 5.82 Å². The topological polar surface area (TPSA) is 49.3 Å². The molecule has 0 bridgehead atoms. The fourth-order valence-electron chi connectivity index (χ4n) is 1.92. The third-order valence-electron chi connectivity index (χ3n) is 3.42. The van der Waals surface area contributed by atoms with Gasteiger partial charge in [0.15, 0.2) is 0 Å². The minimum atomic E-state index is -0.986. The fourth-order valence-corrected chi connectivity index (χ4v) is 1.92. The van der Waals surface area contributed by atoms with Crippen molar-refractivity contribution in [3.63, 3.8) is 0 Å². The Morgan fingerprint density at radius 1 is 1.44 bits per heavy atom. The van der Waals surface area contributed by atoms with Crippen LogP contribution in [-0.2, 0) is 11.2 Å². The first-order chi connectivity index (χ1) is 8.49. The highest BCUT2D eigenvalue weighted by atomic mass is 19.1. The Balaban J connectivity index is 2.03. The van der Waals surface area contributed by atoms with Crippen LogP contribution < -0.4 is 5.32 Å². The highest BCUT2D eigenvalue weighted by Gasteiger charge is 2.35. The highest BCUT2D eigenvalue weighted by Crippen LogP contribution is 2.28.